The SMILES string of the molecule is CCCNC(=O)C(CC)N(Cc1ccc(Cl)cc1)C(=O)COc1ccccc1F. The van der Waals surface area contributed by atoms with E-state index in [4.69, 9.17) is 16.3 Å². The number of carbonyl (C=O) groups is 2. The van der Waals surface area contributed by atoms with Crippen LogP contribution in [0.25, 0.3) is 0 Å². The lowest BCUT2D eigenvalue weighted by molar-refractivity contribution is -0.143. The van der Waals surface area contributed by atoms with Crippen LogP contribution in [0.4, 0.5) is 4.39 Å². The molecule has 0 bridgehead atoms. The molecular formula is C22H26ClFN2O3. The zero-order valence-corrected chi connectivity index (χ0v) is 17.4. The van der Waals surface area contributed by atoms with E-state index in [1.807, 2.05) is 13.8 Å². The van der Waals surface area contributed by atoms with Crippen molar-refractivity contribution in [2.24, 2.45) is 0 Å². The maximum atomic E-state index is 13.8. The summed E-state index contributed by atoms with van der Waals surface area (Å²) in [7, 11) is 0. The molecule has 1 atom stereocenters. The molecule has 0 spiro atoms. The maximum absolute atomic E-state index is 13.8. The smallest absolute Gasteiger partial charge is 0.261 e. The minimum atomic E-state index is -0.658. The lowest BCUT2D eigenvalue weighted by Crippen LogP contribution is -2.50. The van der Waals surface area contributed by atoms with E-state index in [0.717, 1.165) is 12.0 Å². The van der Waals surface area contributed by atoms with Crippen LogP contribution in [0.5, 0.6) is 5.75 Å². The lowest BCUT2D eigenvalue weighted by Gasteiger charge is -2.30. The van der Waals surface area contributed by atoms with Gasteiger partial charge in [0, 0.05) is 18.1 Å². The number of ether oxygens (including phenoxy) is 1. The number of nitrogens with one attached hydrogen (secondary N) is 1. The van der Waals surface area contributed by atoms with Crippen molar-refractivity contribution in [1.82, 2.24) is 10.2 Å². The minimum Gasteiger partial charge on any atom is -0.481 e. The summed E-state index contributed by atoms with van der Waals surface area (Å²) >= 11 is 5.94. The molecule has 1 N–H and O–H groups in total. The Bertz CT molecular complexity index is 814. The first kappa shape index (κ1) is 22.7. The average Bonchev–Trinajstić information content (AvgIpc) is 2.72. The van der Waals surface area contributed by atoms with E-state index in [-0.39, 0.29) is 24.8 Å². The Hall–Kier alpha value is -2.60. The Labute approximate surface area is 175 Å². The summed E-state index contributed by atoms with van der Waals surface area (Å²) < 4.78 is 19.2. The molecule has 0 saturated heterocycles. The third-order valence-electron chi connectivity index (χ3n) is 4.39. The van der Waals surface area contributed by atoms with Gasteiger partial charge in [-0.25, -0.2) is 4.39 Å². The van der Waals surface area contributed by atoms with Crippen molar-refractivity contribution in [3.8, 4) is 5.75 Å². The molecular weight excluding hydrogens is 395 g/mol. The molecule has 7 heteroatoms. The predicted octanol–water partition coefficient (Wildman–Crippen LogP) is 4.19. The van der Waals surface area contributed by atoms with Crippen LogP contribution in [0.2, 0.25) is 5.02 Å². The zero-order valence-electron chi connectivity index (χ0n) is 16.7. The Balaban J connectivity index is 2.19. The second-order valence-corrected chi connectivity index (χ2v) is 7.02. The van der Waals surface area contributed by atoms with E-state index in [1.54, 1.807) is 36.4 Å². The number of hydrogen-bond acceptors (Lipinski definition) is 3. The number of carbonyl (C=O) groups excluding carboxylic acids is 2. The van der Waals surface area contributed by atoms with Crippen molar-refractivity contribution in [2.45, 2.75) is 39.3 Å². The molecule has 0 aliphatic carbocycles. The van der Waals surface area contributed by atoms with E-state index in [1.165, 1.54) is 17.0 Å². The normalized spacial score (nSPS) is 11.6. The number of halogens is 2. The van der Waals surface area contributed by atoms with Gasteiger partial charge in [-0.05, 0) is 42.7 Å². The van der Waals surface area contributed by atoms with Crippen molar-refractivity contribution in [3.63, 3.8) is 0 Å². The first-order valence-electron chi connectivity index (χ1n) is 9.65. The first-order chi connectivity index (χ1) is 14.0. The molecule has 0 saturated carbocycles. The summed E-state index contributed by atoms with van der Waals surface area (Å²) in [5.41, 5.74) is 0.829. The number of para-hydroxylation sites is 1. The van der Waals surface area contributed by atoms with Crippen LogP contribution in [0.1, 0.15) is 32.3 Å². The second kappa shape index (κ2) is 11.4. The summed E-state index contributed by atoms with van der Waals surface area (Å²) in [6.07, 6.45) is 1.23. The molecule has 0 fully saturated rings. The van der Waals surface area contributed by atoms with Crippen molar-refractivity contribution in [1.29, 1.82) is 0 Å². The van der Waals surface area contributed by atoms with Crippen LogP contribution in [0.3, 0.4) is 0 Å². The molecule has 0 heterocycles. The van der Waals surface area contributed by atoms with Crippen molar-refractivity contribution < 1.29 is 18.7 Å². The number of rotatable bonds is 10. The van der Waals surface area contributed by atoms with Gasteiger partial charge in [0.25, 0.3) is 5.91 Å². The van der Waals surface area contributed by atoms with Gasteiger partial charge in [-0.2, -0.15) is 0 Å². The van der Waals surface area contributed by atoms with Crippen LogP contribution in [-0.4, -0.2) is 35.9 Å². The summed E-state index contributed by atoms with van der Waals surface area (Å²) in [5.74, 6) is -1.17. The Morgan fingerprint density at radius 2 is 1.83 bits per heavy atom. The third-order valence-corrected chi connectivity index (χ3v) is 4.64. The van der Waals surface area contributed by atoms with Crippen molar-refractivity contribution >= 4 is 23.4 Å². The molecule has 2 rings (SSSR count). The molecule has 0 aromatic heterocycles. The quantitative estimate of drug-likeness (QED) is 0.627. The van der Waals surface area contributed by atoms with Crippen LogP contribution in [0.15, 0.2) is 48.5 Å². The van der Waals surface area contributed by atoms with E-state index in [9.17, 15) is 14.0 Å². The molecule has 0 aliphatic heterocycles. The molecule has 2 aromatic carbocycles. The highest BCUT2D eigenvalue weighted by atomic mass is 35.5. The van der Waals surface area contributed by atoms with E-state index in [0.29, 0.717) is 18.0 Å². The van der Waals surface area contributed by atoms with Crippen LogP contribution < -0.4 is 10.1 Å². The lowest BCUT2D eigenvalue weighted by atomic mass is 10.1. The molecule has 5 nitrogen and oxygen atoms in total. The van der Waals surface area contributed by atoms with E-state index >= 15 is 0 Å². The second-order valence-electron chi connectivity index (χ2n) is 6.58. The average molecular weight is 421 g/mol. The third kappa shape index (κ3) is 6.75. The molecule has 0 radical (unpaired) electrons. The molecule has 2 amide bonds. The van der Waals surface area contributed by atoms with Crippen molar-refractivity contribution in [2.75, 3.05) is 13.2 Å². The summed E-state index contributed by atoms with van der Waals surface area (Å²) in [6.45, 7) is 4.18. The first-order valence-corrected chi connectivity index (χ1v) is 10.0. The number of hydrogen-bond donors (Lipinski definition) is 1. The van der Waals surface area contributed by atoms with Gasteiger partial charge in [0.15, 0.2) is 18.2 Å². The monoisotopic (exact) mass is 420 g/mol. The van der Waals surface area contributed by atoms with Crippen molar-refractivity contribution in [3.05, 3.63) is 64.9 Å². The van der Waals surface area contributed by atoms with Gasteiger partial charge >= 0.3 is 0 Å². The van der Waals surface area contributed by atoms with E-state index < -0.39 is 17.8 Å². The highest BCUT2D eigenvalue weighted by Crippen LogP contribution is 2.18. The summed E-state index contributed by atoms with van der Waals surface area (Å²) in [5, 5.41) is 3.43. The molecule has 2 aromatic rings. The van der Waals surface area contributed by atoms with Gasteiger partial charge < -0.3 is 15.0 Å². The largest absolute Gasteiger partial charge is 0.481 e. The van der Waals surface area contributed by atoms with Gasteiger partial charge in [-0.1, -0.05) is 49.7 Å². The van der Waals surface area contributed by atoms with Gasteiger partial charge in [-0.15, -0.1) is 0 Å². The fourth-order valence-corrected chi connectivity index (χ4v) is 2.98. The fourth-order valence-electron chi connectivity index (χ4n) is 2.86. The minimum absolute atomic E-state index is 0.00391. The Morgan fingerprint density at radius 1 is 1.14 bits per heavy atom. The van der Waals surface area contributed by atoms with Gasteiger partial charge in [0.05, 0.1) is 0 Å². The summed E-state index contributed by atoms with van der Waals surface area (Å²) in [4.78, 5) is 27.0. The molecule has 29 heavy (non-hydrogen) atoms. The molecule has 0 aliphatic rings. The Morgan fingerprint density at radius 3 is 2.45 bits per heavy atom. The Kier molecular flexibility index (Phi) is 8.93. The van der Waals surface area contributed by atoms with Crippen LogP contribution in [-0.2, 0) is 16.1 Å². The van der Waals surface area contributed by atoms with Crippen LogP contribution in [0, 0.1) is 5.82 Å². The van der Waals surface area contributed by atoms with Gasteiger partial charge in [0.2, 0.25) is 5.91 Å². The highest BCUT2D eigenvalue weighted by molar-refractivity contribution is 6.30. The fraction of sp³-hybridized carbons (Fsp3) is 0.364. The standard InChI is InChI=1S/C22H26ClFN2O3/c1-3-13-25-22(28)19(4-2)26(14-16-9-11-17(23)12-10-16)21(27)15-29-20-8-6-5-7-18(20)24/h5-12,19H,3-4,13-15H2,1-2H3,(H,25,28). The van der Waals surface area contributed by atoms with Crippen LogP contribution >= 0.6 is 11.6 Å². The highest BCUT2D eigenvalue weighted by Gasteiger charge is 2.28. The zero-order chi connectivity index (χ0) is 21.2. The maximum Gasteiger partial charge on any atom is 0.261 e. The van der Waals surface area contributed by atoms with Gasteiger partial charge in [0.1, 0.15) is 6.04 Å². The molecule has 1 unspecified atom stereocenters. The topological polar surface area (TPSA) is 58.6 Å². The number of nitrogens with zero attached hydrogens (tertiary/aromatic N) is 1. The molecule has 156 valence electrons. The van der Waals surface area contributed by atoms with Gasteiger partial charge in [-0.3, -0.25) is 9.59 Å². The number of amides is 2. The predicted molar refractivity (Wildman–Crippen MR) is 111 cm³/mol. The number of benzene rings is 2. The summed E-state index contributed by atoms with van der Waals surface area (Å²) in [6, 6.07) is 12.3. The van der Waals surface area contributed by atoms with E-state index in [2.05, 4.69) is 5.32 Å².